The topological polar surface area (TPSA) is 58.4 Å². The van der Waals surface area contributed by atoms with Gasteiger partial charge in [0.15, 0.2) is 0 Å². The van der Waals surface area contributed by atoms with Gasteiger partial charge in [-0.2, -0.15) is 0 Å². The van der Waals surface area contributed by atoms with Gasteiger partial charge < -0.3 is 16.0 Å². The molecule has 23 heavy (non-hydrogen) atoms. The first-order valence-corrected chi connectivity index (χ1v) is 8.08. The van der Waals surface area contributed by atoms with Gasteiger partial charge in [0.25, 0.3) is 5.91 Å². The number of benzene rings is 2. The second-order valence-electron chi connectivity index (χ2n) is 5.96. The zero-order valence-corrected chi connectivity index (χ0v) is 13.8. The highest BCUT2D eigenvalue weighted by Crippen LogP contribution is 2.23. The minimum absolute atomic E-state index is 0.0623. The molecule has 2 aromatic rings. The number of nitrogens with zero attached hydrogens (tertiary/aromatic N) is 1. The van der Waals surface area contributed by atoms with Crippen molar-refractivity contribution in [2.45, 2.75) is 19.4 Å². The number of carbonyl (C=O) groups excluding carboxylic acids is 1. The predicted molar refractivity (Wildman–Crippen MR) is 95.1 cm³/mol. The Morgan fingerprint density at radius 1 is 1.30 bits per heavy atom. The summed E-state index contributed by atoms with van der Waals surface area (Å²) < 4.78 is 0. The zero-order chi connectivity index (χ0) is 16.4. The van der Waals surface area contributed by atoms with Gasteiger partial charge in [0.1, 0.15) is 0 Å². The number of halogens is 1. The molecule has 1 fully saturated rings. The van der Waals surface area contributed by atoms with Crippen LogP contribution in [-0.4, -0.2) is 25.0 Å². The fourth-order valence-electron chi connectivity index (χ4n) is 2.93. The van der Waals surface area contributed by atoms with Crippen molar-refractivity contribution in [3.05, 3.63) is 58.6 Å². The van der Waals surface area contributed by atoms with E-state index in [9.17, 15) is 4.79 Å². The predicted octanol–water partition coefficient (Wildman–Crippen LogP) is 3.24. The lowest BCUT2D eigenvalue weighted by Gasteiger charge is -2.19. The summed E-state index contributed by atoms with van der Waals surface area (Å²) in [6.07, 6.45) is 0.916. The highest BCUT2D eigenvalue weighted by atomic mass is 35.5. The number of hydrogen-bond acceptors (Lipinski definition) is 3. The molecule has 3 rings (SSSR count). The average molecular weight is 330 g/mol. The van der Waals surface area contributed by atoms with Crippen molar-refractivity contribution in [3.63, 3.8) is 0 Å². The molecule has 5 heteroatoms. The van der Waals surface area contributed by atoms with Gasteiger partial charge in [-0.25, -0.2) is 0 Å². The van der Waals surface area contributed by atoms with E-state index in [-0.39, 0.29) is 11.9 Å². The van der Waals surface area contributed by atoms with Crippen molar-refractivity contribution < 1.29 is 4.79 Å². The van der Waals surface area contributed by atoms with Crippen molar-refractivity contribution >= 4 is 28.9 Å². The average Bonchev–Trinajstić information content (AvgIpc) is 2.98. The maximum atomic E-state index is 12.5. The van der Waals surface area contributed by atoms with Gasteiger partial charge in [-0.05, 0) is 49.2 Å². The maximum Gasteiger partial charge on any atom is 0.251 e. The van der Waals surface area contributed by atoms with Crippen LogP contribution < -0.4 is 16.0 Å². The number of nitrogen functional groups attached to an aromatic ring is 1. The molecule has 1 heterocycles. The van der Waals surface area contributed by atoms with E-state index in [4.69, 9.17) is 17.3 Å². The molecule has 1 atom stereocenters. The van der Waals surface area contributed by atoms with Crippen LogP contribution in [0.2, 0.25) is 5.02 Å². The van der Waals surface area contributed by atoms with Gasteiger partial charge in [-0.3, -0.25) is 4.79 Å². The second-order valence-corrected chi connectivity index (χ2v) is 6.40. The van der Waals surface area contributed by atoms with Crippen LogP contribution in [0.1, 0.15) is 22.3 Å². The molecule has 0 bridgehead atoms. The summed E-state index contributed by atoms with van der Waals surface area (Å²) in [4.78, 5) is 14.7. The van der Waals surface area contributed by atoms with E-state index >= 15 is 0 Å². The first-order valence-electron chi connectivity index (χ1n) is 7.70. The van der Waals surface area contributed by atoms with Gasteiger partial charge in [-0.15, -0.1) is 0 Å². The van der Waals surface area contributed by atoms with E-state index in [0.717, 1.165) is 35.8 Å². The molecule has 3 N–H and O–H groups in total. The maximum absolute atomic E-state index is 12.5. The molecule has 1 amide bonds. The molecule has 1 unspecified atom stereocenters. The fourth-order valence-corrected chi connectivity index (χ4v) is 3.12. The van der Waals surface area contributed by atoms with Crippen molar-refractivity contribution in [2.75, 3.05) is 23.7 Å². The van der Waals surface area contributed by atoms with Gasteiger partial charge in [0, 0.05) is 41.1 Å². The fraction of sp³-hybridized carbons (Fsp3) is 0.278. The Balaban J connectivity index is 1.66. The van der Waals surface area contributed by atoms with E-state index in [1.165, 1.54) is 0 Å². The first kappa shape index (κ1) is 15.7. The number of hydrogen-bond donors (Lipinski definition) is 2. The molecule has 0 aromatic heterocycles. The first-order chi connectivity index (χ1) is 11.0. The third kappa shape index (κ3) is 3.59. The Bertz CT molecular complexity index is 732. The number of nitrogens with one attached hydrogen (secondary N) is 1. The highest BCUT2D eigenvalue weighted by molar-refractivity contribution is 6.30. The SMILES string of the molecule is Cc1ccc(N)cc1C(=O)NC1CCN(c2cccc(Cl)c2)C1. The molecular weight excluding hydrogens is 310 g/mol. The van der Waals surface area contributed by atoms with E-state index in [1.807, 2.05) is 43.3 Å². The van der Waals surface area contributed by atoms with E-state index < -0.39 is 0 Å². The van der Waals surface area contributed by atoms with Crippen LogP contribution in [0.4, 0.5) is 11.4 Å². The van der Waals surface area contributed by atoms with Gasteiger partial charge in [-0.1, -0.05) is 23.7 Å². The standard InChI is InChI=1S/C18H20ClN3O/c1-12-5-6-14(20)10-17(12)18(23)21-15-7-8-22(11-15)16-4-2-3-13(19)9-16/h2-6,9-10,15H,7-8,11,20H2,1H3,(H,21,23). The smallest absolute Gasteiger partial charge is 0.251 e. The van der Waals surface area contributed by atoms with Gasteiger partial charge >= 0.3 is 0 Å². The lowest BCUT2D eigenvalue weighted by atomic mass is 10.1. The molecule has 1 aliphatic heterocycles. The summed E-state index contributed by atoms with van der Waals surface area (Å²) in [6.45, 7) is 3.61. The Hall–Kier alpha value is -2.20. The summed E-state index contributed by atoms with van der Waals surface area (Å²) in [6, 6.07) is 13.3. The van der Waals surface area contributed by atoms with Gasteiger partial charge in [0.2, 0.25) is 0 Å². The van der Waals surface area contributed by atoms with Crippen LogP contribution in [0.15, 0.2) is 42.5 Å². The summed E-state index contributed by atoms with van der Waals surface area (Å²) >= 11 is 6.05. The highest BCUT2D eigenvalue weighted by Gasteiger charge is 2.25. The number of rotatable bonds is 3. The van der Waals surface area contributed by atoms with Gasteiger partial charge in [0.05, 0.1) is 0 Å². The molecule has 0 spiro atoms. The number of nitrogens with two attached hydrogens (primary N) is 1. The van der Waals surface area contributed by atoms with Crippen molar-refractivity contribution in [2.24, 2.45) is 0 Å². The molecule has 1 aliphatic rings. The van der Waals surface area contributed by atoms with Crippen LogP contribution in [0.25, 0.3) is 0 Å². The Morgan fingerprint density at radius 3 is 2.91 bits per heavy atom. The van der Waals surface area contributed by atoms with Crippen LogP contribution in [0, 0.1) is 6.92 Å². The number of carbonyl (C=O) groups is 1. The van der Waals surface area contributed by atoms with Crippen LogP contribution in [0.3, 0.4) is 0 Å². The van der Waals surface area contributed by atoms with Crippen molar-refractivity contribution in [3.8, 4) is 0 Å². The largest absolute Gasteiger partial charge is 0.399 e. The zero-order valence-electron chi connectivity index (χ0n) is 13.1. The summed E-state index contributed by atoms with van der Waals surface area (Å²) in [5.41, 5.74) is 9.06. The van der Waals surface area contributed by atoms with Crippen LogP contribution in [-0.2, 0) is 0 Å². The Kier molecular flexibility index (Phi) is 4.44. The normalized spacial score (nSPS) is 17.3. The number of aryl methyl sites for hydroxylation is 1. The summed E-state index contributed by atoms with van der Waals surface area (Å²) in [7, 11) is 0. The number of amides is 1. The van der Waals surface area contributed by atoms with E-state index in [0.29, 0.717) is 11.3 Å². The molecule has 120 valence electrons. The molecule has 0 aliphatic carbocycles. The molecule has 4 nitrogen and oxygen atoms in total. The molecule has 0 radical (unpaired) electrons. The Morgan fingerprint density at radius 2 is 2.13 bits per heavy atom. The molecule has 2 aromatic carbocycles. The van der Waals surface area contributed by atoms with Crippen molar-refractivity contribution in [1.82, 2.24) is 5.32 Å². The van der Waals surface area contributed by atoms with Crippen molar-refractivity contribution in [1.29, 1.82) is 0 Å². The third-order valence-electron chi connectivity index (χ3n) is 4.20. The van der Waals surface area contributed by atoms with Crippen LogP contribution in [0.5, 0.6) is 0 Å². The van der Waals surface area contributed by atoms with E-state index in [2.05, 4.69) is 10.2 Å². The minimum atomic E-state index is -0.0623. The molecular formula is C18H20ClN3O. The summed E-state index contributed by atoms with van der Waals surface area (Å²) in [5.74, 6) is -0.0623. The molecule has 1 saturated heterocycles. The van der Waals surface area contributed by atoms with Crippen LogP contribution >= 0.6 is 11.6 Å². The summed E-state index contributed by atoms with van der Waals surface area (Å²) in [5, 5.41) is 3.84. The number of anilines is 2. The minimum Gasteiger partial charge on any atom is -0.399 e. The third-order valence-corrected chi connectivity index (χ3v) is 4.44. The monoisotopic (exact) mass is 329 g/mol. The Labute approximate surface area is 141 Å². The quantitative estimate of drug-likeness (QED) is 0.850. The second kappa shape index (κ2) is 6.50. The van der Waals surface area contributed by atoms with E-state index in [1.54, 1.807) is 6.07 Å². The lowest BCUT2D eigenvalue weighted by Crippen LogP contribution is -2.37. The lowest BCUT2D eigenvalue weighted by molar-refractivity contribution is 0.0940. The molecule has 0 saturated carbocycles.